The summed E-state index contributed by atoms with van der Waals surface area (Å²) in [5, 5.41) is 0. The quantitative estimate of drug-likeness (QED) is 0.645. The van der Waals surface area contributed by atoms with E-state index in [4.69, 9.17) is 0 Å². The minimum Gasteiger partial charge on any atom is -0.316 e. The number of fused-ring (bicyclic) bond motifs is 1. The number of nitrogens with zero attached hydrogens (tertiary/aromatic N) is 4. The maximum atomic E-state index is 12.8. The number of imidazole rings is 1. The average molecular weight is 424 g/mol. The lowest BCUT2D eigenvalue weighted by molar-refractivity contribution is -0.137. The molecule has 1 atom stereocenters. The number of halogens is 3. The van der Waals surface area contributed by atoms with Gasteiger partial charge in [0, 0.05) is 32.8 Å². The summed E-state index contributed by atoms with van der Waals surface area (Å²) in [6.07, 6.45) is -1.54. The molecule has 1 aliphatic rings. The van der Waals surface area contributed by atoms with Gasteiger partial charge >= 0.3 is 6.18 Å². The predicted octanol–water partition coefficient (Wildman–Crippen LogP) is 3.24. The Morgan fingerprint density at radius 3 is 2.55 bits per heavy atom. The van der Waals surface area contributed by atoms with Crippen LogP contribution in [0.4, 0.5) is 13.2 Å². The smallest absolute Gasteiger partial charge is 0.316 e. The molecule has 0 bridgehead atoms. The minimum absolute atomic E-state index is 0.0785. The molecule has 3 aromatic rings. The second kappa shape index (κ2) is 7.10. The number of alkyl halides is 3. The largest absolute Gasteiger partial charge is 0.416 e. The first-order valence-corrected chi connectivity index (χ1v) is 10.5. The maximum Gasteiger partial charge on any atom is 0.416 e. The lowest BCUT2D eigenvalue weighted by Crippen LogP contribution is -2.29. The fourth-order valence-electron chi connectivity index (χ4n) is 3.66. The summed E-state index contributed by atoms with van der Waals surface area (Å²) >= 11 is 0. The van der Waals surface area contributed by atoms with Crippen molar-refractivity contribution in [3.8, 4) is 0 Å². The Balaban J connectivity index is 1.49. The van der Waals surface area contributed by atoms with Gasteiger partial charge in [-0.2, -0.15) is 17.5 Å². The predicted molar refractivity (Wildman–Crippen MR) is 101 cm³/mol. The molecule has 1 fully saturated rings. The molecule has 0 amide bonds. The Bertz CT molecular complexity index is 1140. The number of aromatic nitrogens is 3. The molecule has 29 heavy (non-hydrogen) atoms. The van der Waals surface area contributed by atoms with Crippen LogP contribution in [-0.2, 0) is 29.7 Å². The van der Waals surface area contributed by atoms with Crippen LogP contribution >= 0.6 is 0 Å². The van der Waals surface area contributed by atoms with Gasteiger partial charge in [0.1, 0.15) is 11.3 Å². The number of benzene rings is 1. The highest BCUT2D eigenvalue weighted by Gasteiger charge is 2.35. The Kier molecular flexibility index (Phi) is 4.86. The summed E-state index contributed by atoms with van der Waals surface area (Å²) in [5.41, 5.74) is 0.693. The zero-order valence-electron chi connectivity index (χ0n) is 15.6. The molecule has 4 rings (SSSR count). The monoisotopic (exact) mass is 424 g/mol. The molecule has 1 aromatic carbocycles. The van der Waals surface area contributed by atoms with Crippen molar-refractivity contribution in [3.05, 3.63) is 54.0 Å². The number of pyridine rings is 1. The van der Waals surface area contributed by atoms with Crippen molar-refractivity contribution in [2.24, 2.45) is 13.0 Å². The SMILES string of the molecule is Cn1c(CC2CCN(S(=O)(=O)c3ccc(C(F)(F)F)cc3)C2)nc2cccnc21. The molecule has 0 aliphatic carbocycles. The lowest BCUT2D eigenvalue weighted by atomic mass is 10.1. The van der Waals surface area contributed by atoms with E-state index in [1.165, 1.54) is 4.31 Å². The Morgan fingerprint density at radius 1 is 1.17 bits per heavy atom. The zero-order chi connectivity index (χ0) is 20.8. The number of hydrogen-bond donors (Lipinski definition) is 0. The molecule has 0 saturated carbocycles. The fourth-order valence-corrected chi connectivity index (χ4v) is 5.19. The van der Waals surface area contributed by atoms with Crippen molar-refractivity contribution in [2.45, 2.75) is 23.9 Å². The number of sulfonamides is 1. The van der Waals surface area contributed by atoms with Crippen LogP contribution in [0, 0.1) is 5.92 Å². The van der Waals surface area contributed by atoms with E-state index in [1.807, 2.05) is 23.7 Å². The van der Waals surface area contributed by atoms with Crippen LogP contribution in [0.5, 0.6) is 0 Å². The summed E-state index contributed by atoms with van der Waals surface area (Å²) in [5.74, 6) is 0.909. The van der Waals surface area contributed by atoms with Crippen molar-refractivity contribution in [2.75, 3.05) is 13.1 Å². The summed E-state index contributed by atoms with van der Waals surface area (Å²) in [4.78, 5) is 8.76. The summed E-state index contributed by atoms with van der Waals surface area (Å²) in [6, 6.07) is 7.32. The van der Waals surface area contributed by atoms with E-state index in [-0.39, 0.29) is 10.8 Å². The molecule has 0 radical (unpaired) electrons. The van der Waals surface area contributed by atoms with Crippen LogP contribution < -0.4 is 0 Å². The lowest BCUT2D eigenvalue weighted by Gasteiger charge is -2.17. The van der Waals surface area contributed by atoms with Crippen molar-refractivity contribution in [3.63, 3.8) is 0 Å². The highest BCUT2D eigenvalue weighted by atomic mass is 32.2. The first-order chi connectivity index (χ1) is 13.7. The van der Waals surface area contributed by atoms with Gasteiger partial charge in [-0.05, 0) is 48.7 Å². The summed E-state index contributed by atoms with van der Waals surface area (Å²) in [7, 11) is -1.96. The van der Waals surface area contributed by atoms with Crippen LogP contribution in [0.15, 0.2) is 47.5 Å². The van der Waals surface area contributed by atoms with E-state index in [0.29, 0.717) is 25.9 Å². The number of hydrogen-bond acceptors (Lipinski definition) is 4. The third-order valence-electron chi connectivity index (χ3n) is 5.26. The first-order valence-electron chi connectivity index (χ1n) is 9.10. The van der Waals surface area contributed by atoms with Crippen molar-refractivity contribution in [1.29, 1.82) is 0 Å². The molecular formula is C19H19F3N4O2S. The summed E-state index contributed by atoms with van der Waals surface area (Å²) < 4.78 is 67.0. The Morgan fingerprint density at radius 2 is 1.90 bits per heavy atom. The Labute approximate surface area is 166 Å². The standard InChI is InChI=1S/C19H19F3N4O2S/c1-25-17(24-16-3-2-9-23-18(16)25)11-13-8-10-26(12-13)29(27,28)15-6-4-14(5-7-15)19(20,21)22/h2-7,9,13H,8,10-12H2,1H3. The van der Waals surface area contributed by atoms with E-state index >= 15 is 0 Å². The highest BCUT2D eigenvalue weighted by molar-refractivity contribution is 7.89. The van der Waals surface area contributed by atoms with Gasteiger partial charge in [-0.3, -0.25) is 0 Å². The van der Waals surface area contributed by atoms with E-state index in [0.717, 1.165) is 41.3 Å². The van der Waals surface area contributed by atoms with Crippen LogP contribution in [0.25, 0.3) is 11.2 Å². The minimum atomic E-state index is -4.50. The second-order valence-electron chi connectivity index (χ2n) is 7.18. The van der Waals surface area contributed by atoms with Crippen molar-refractivity contribution >= 4 is 21.2 Å². The molecule has 10 heteroatoms. The van der Waals surface area contributed by atoms with Gasteiger partial charge in [-0.15, -0.1) is 0 Å². The molecule has 6 nitrogen and oxygen atoms in total. The van der Waals surface area contributed by atoms with Crippen LogP contribution in [0.2, 0.25) is 0 Å². The topological polar surface area (TPSA) is 68.1 Å². The van der Waals surface area contributed by atoms with Gasteiger partial charge in [0.15, 0.2) is 5.65 Å². The van der Waals surface area contributed by atoms with E-state index in [9.17, 15) is 21.6 Å². The third kappa shape index (κ3) is 3.74. The normalized spacial score (nSPS) is 18.6. The Hall–Kier alpha value is -2.46. The summed E-state index contributed by atoms with van der Waals surface area (Å²) in [6.45, 7) is 0.635. The second-order valence-corrected chi connectivity index (χ2v) is 9.12. The van der Waals surface area contributed by atoms with E-state index < -0.39 is 21.8 Å². The van der Waals surface area contributed by atoms with Gasteiger partial charge in [0.05, 0.1) is 10.5 Å². The zero-order valence-corrected chi connectivity index (χ0v) is 16.4. The van der Waals surface area contributed by atoms with Crippen LogP contribution in [0.3, 0.4) is 0 Å². The average Bonchev–Trinajstić information content (AvgIpc) is 3.27. The molecule has 0 spiro atoms. The van der Waals surface area contributed by atoms with Crippen molar-refractivity contribution in [1.82, 2.24) is 18.8 Å². The van der Waals surface area contributed by atoms with E-state index in [2.05, 4.69) is 9.97 Å². The number of aryl methyl sites for hydroxylation is 1. The van der Waals surface area contributed by atoms with E-state index in [1.54, 1.807) is 6.20 Å². The van der Waals surface area contributed by atoms with Gasteiger partial charge in [-0.1, -0.05) is 0 Å². The molecule has 0 N–H and O–H groups in total. The molecule has 1 aliphatic heterocycles. The third-order valence-corrected chi connectivity index (χ3v) is 7.14. The van der Waals surface area contributed by atoms with Gasteiger partial charge in [-0.25, -0.2) is 18.4 Å². The van der Waals surface area contributed by atoms with Gasteiger partial charge < -0.3 is 4.57 Å². The molecule has 154 valence electrons. The van der Waals surface area contributed by atoms with Crippen LogP contribution in [-0.4, -0.2) is 40.3 Å². The maximum absolute atomic E-state index is 12.8. The van der Waals surface area contributed by atoms with Gasteiger partial charge in [0.25, 0.3) is 0 Å². The number of rotatable bonds is 4. The van der Waals surface area contributed by atoms with Crippen molar-refractivity contribution < 1.29 is 21.6 Å². The fraction of sp³-hybridized carbons (Fsp3) is 0.368. The molecular weight excluding hydrogens is 405 g/mol. The molecule has 1 unspecified atom stereocenters. The van der Waals surface area contributed by atoms with Crippen LogP contribution in [0.1, 0.15) is 17.8 Å². The molecule has 1 saturated heterocycles. The first kappa shape index (κ1) is 19.8. The highest BCUT2D eigenvalue weighted by Crippen LogP contribution is 2.31. The molecule has 2 aromatic heterocycles. The van der Waals surface area contributed by atoms with Gasteiger partial charge in [0.2, 0.25) is 10.0 Å². The molecule has 3 heterocycles.